The van der Waals surface area contributed by atoms with Crippen molar-refractivity contribution >= 4 is 17.4 Å². The maximum absolute atomic E-state index is 13.1. The quantitative estimate of drug-likeness (QED) is 0.900. The van der Waals surface area contributed by atoms with Gasteiger partial charge in [0.1, 0.15) is 5.82 Å². The van der Waals surface area contributed by atoms with E-state index in [1.807, 2.05) is 35.2 Å². The number of benzene rings is 1. The molecule has 1 amide bonds. The standard InChI is InChI=1S/C21H26N4O/c26-21(25-15-10-17-7-2-3-9-19(17)25)18-8-6-11-22-20(18)23-12-16-24-13-4-1-5-14-24/h2-3,6-9,11H,1,4-5,10,12-16H2,(H,22,23). The fraction of sp³-hybridized carbons (Fsp3) is 0.429. The molecule has 4 rings (SSSR count). The maximum atomic E-state index is 13.1. The molecule has 2 aliphatic rings. The van der Waals surface area contributed by atoms with E-state index in [2.05, 4.69) is 21.3 Å². The molecule has 1 aromatic heterocycles. The number of carbonyl (C=O) groups excluding carboxylic acids is 1. The summed E-state index contributed by atoms with van der Waals surface area (Å²) in [6.45, 7) is 4.91. The van der Waals surface area contributed by atoms with Crippen LogP contribution in [0.3, 0.4) is 0 Å². The number of hydrogen-bond donors (Lipinski definition) is 1. The van der Waals surface area contributed by atoms with Crippen molar-refractivity contribution < 1.29 is 4.79 Å². The van der Waals surface area contributed by atoms with Crippen LogP contribution in [0.2, 0.25) is 0 Å². The van der Waals surface area contributed by atoms with Crippen molar-refractivity contribution in [3.05, 3.63) is 53.7 Å². The number of piperidine rings is 1. The topological polar surface area (TPSA) is 48.5 Å². The molecule has 0 aliphatic carbocycles. The molecular formula is C21H26N4O. The van der Waals surface area contributed by atoms with Gasteiger partial charge >= 0.3 is 0 Å². The first kappa shape index (κ1) is 17.0. The van der Waals surface area contributed by atoms with Gasteiger partial charge in [0.2, 0.25) is 0 Å². The van der Waals surface area contributed by atoms with E-state index in [1.165, 1.54) is 37.9 Å². The number of para-hydroxylation sites is 1. The first-order valence-electron chi connectivity index (χ1n) is 9.64. The van der Waals surface area contributed by atoms with E-state index in [0.29, 0.717) is 11.4 Å². The van der Waals surface area contributed by atoms with E-state index >= 15 is 0 Å². The molecule has 0 atom stereocenters. The Kier molecular flexibility index (Phi) is 5.16. The van der Waals surface area contributed by atoms with Crippen molar-refractivity contribution in [1.29, 1.82) is 0 Å². The van der Waals surface area contributed by atoms with Crippen molar-refractivity contribution in [2.24, 2.45) is 0 Å². The third-order valence-corrected chi connectivity index (χ3v) is 5.34. The van der Waals surface area contributed by atoms with Gasteiger partial charge in [0.05, 0.1) is 5.56 Å². The summed E-state index contributed by atoms with van der Waals surface area (Å²) < 4.78 is 0. The lowest BCUT2D eigenvalue weighted by Gasteiger charge is -2.26. The fourth-order valence-electron chi connectivity index (χ4n) is 3.93. The van der Waals surface area contributed by atoms with Gasteiger partial charge in [-0.3, -0.25) is 4.79 Å². The highest BCUT2D eigenvalue weighted by Crippen LogP contribution is 2.29. The molecule has 5 heteroatoms. The van der Waals surface area contributed by atoms with Gasteiger partial charge in [-0.15, -0.1) is 0 Å². The second-order valence-corrected chi connectivity index (χ2v) is 7.06. The van der Waals surface area contributed by atoms with Crippen molar-refractivity contribution in [3.8, 4) is 0 Å². The van der Waals surface area contributed by atoms with E-state index in [4.69, 9.17) is 0 Å². The Labute approximate surface area is 155 Å². The summed E-state index contributed by atoms with van der Waals surface area (Å²) in [6, 6.07) is 11.9. The average molecular weight is 350 g/mol. The zero-order valence-corrected chi connectivity index (χ0v) is 15.2. The van der Waals surface area contributed by atoms with Crippen LogP contribution in [0, 0.1) is 0 Å². The van der Waals surface area contributed by atoms with Crippen LogP contribution in [0.5, 0.6) is 0 Å². The normalized spacial score (nSPS) is 17.2. The summed E-state index contributed by atoms with van der Waals surface area (Å²) in [5.41, 5.74) is 2.92. The molecule has 2 aromatic rings. The summed E-state index contributed by atoms with van der Waals surface area (Å²) in [4.78, 5) is 21.9. The fourth-order valence-corrected chi connectivity index (χ4v) is 3.93. The molecule has 1 aromatic carbocycles. The Hall–Kier alpha value is -2.40. The highest BCUT2D eigenvalue weighted by Gasteiger charge is 2.27. The summed E-state index contributed by atoms with van der Waals surface area (Å²) in [5.74, 6) is 0.724. The number of aromatic nitrogens is 1. The Bertz CT molecular complexity index is 770. The van der Waals surface area contributed by atoms with Crippen LogP contribution >= 0.6 is 0 Å². The minimum absolute atomic E-state index is 0.0310. The molecule has 136 valence electrons. The van der Waals surface area contributed by atoms with Crippen molar-refractivity contribution in [1.82, 2.24) is 9.88 Å². The summed E-state index contributed by atoms with van der Waals surface area (Å²) in [6.07, 6.45) is 6.60. The number of anilines is 2. The first-order valence-corrected chi connectivity index (χ1v) is 9.64. The lowest BCUT2D eigenvalue weighted by atomic mass is 10.1. The Morgan fingerprint density at radius 2 is 1.88 bits per heavy atom. The molecule has 0 unspecified atom stereocenters. The van der Waals surface area contributed by atoms with Gasteiger partial charge in [0.25, 0.3) is 5.91 Å². The van der Waals surface area contributed by atoms with Crippen LogP contribution < -0.4 is 10.2 Å². The van der Waals surface area contributed by atoms with Crippen molar-refractivity contribution in [3.63, 3.8) is 0 Å². The molecule has 0 spiro atoms. The van der Waals surface area contributed by atoms with Gasteiger partial charge in [-0.1, -0.05) is 24.6 Å². The number of nitrogens with one attached hydrogen (secondary N) is 1. The van der Waals surface area contributed by atoms with Gasteiger partial charge in [0, 0.05) is 31.5 Å². The predicted octanol–water partition coefficient (Wildman–Crippen LogP) is 3.18. The number of hydrogen-bond acceptors (Lipinski definition) is 4. The van der Waals surface area contributed by atoms with Crippen LogP contribution in [0.1, 0.15) is 35.2 Å². The largest absolute Gasteiger partial charge is 0.368 e. The number of carbonyl (C=O) groups is 1. The minimum atomic E-state index is 0.0310. The van der Waals surface area contributed by atoms with Crippen LogP contribution in [-0.2, 0) is 6.42 Å². The van der Waals surface area contributed by atoms with E-state index < -0.39 is 0 Å². The number of rotatable bonds is 5. The second-order valence-electron chi connectivity index (χ2n) is 7.06. The van der Waals surface area contributed by atoms with E-state index in [1.54, 1.807) is 6.20 Å². The number of pyridine rings is 1. The first-order chi connectivity index (χ1) is 12.8. The Balaban J connectivity index is 1.44. The minimum Gasteiger partial charge on any atom is -0.368 e. The number of fused-ring (bicyclic) bond motifs is 1. The highest BCUT2D eigenvalue weighted by atomic mass is 16.2. The lowest BCUT2D eigenvalue weighted by Crippen LogP contribution is -2.34. The molecule has 2 aliphatic heterocycles. The lowest BCUT2D eigenvalue weighted by molar-refractivity contribution is 0.0990. The van der Waals surface area contributed by atoms with Gasteiger partial charge in [-0.25, -0.2) is 4.98 Å². The Morgan fingerprint density at radius 1 is 1.04 bits per heavy atom. The van der Waals surface area contributed by atoms with Crippen LogP contribution in [0.15, 0.2) is 42.6 Å². The SMILES string of the molecule is O=C(c1cccnc1NCCN1CCCCC1)N1CCc2ccccc21. The number of amides is 1. The second kappa shape index (κ2) is 7.87. The highest BCUT2D eigenvalue weighted by molar-refractivity contribution is 6.10. The summed E-state index contributed by atoms with van der Waals surface area (Å²) in [7, 11) is 0. The van der Waals surface area contributed by atoms with E-state index in [0.717, 1.165) is 31.7 Å². The van der Waals surface area contributed by atoms with Crippen LogP contribution in [0.4, 0.5) is 11.5 Å². The summed E-state index contributed by atoms with van der Waals surface area (Å²) >= 11 is 0. The average Bonchev–Trinajstić information content (AvgIpc) is 3.13. The maximum Gasteiger partial charge on any atom is 0.262 e. The molecule has 0 bridgehead atoms. The van der Waals surface area contributed by atoms with Crippen molar-refractivity contribution in [2.75, 3.05) is 42.9 Å². The van der Waals surface area contributed by atoms with Crippen molar-refractivity contribution in [2.45, 2.75) is 25.7 Å². The van der Waals surface area contributed by atoms with E-state index in [-0.39, 0.29) is 5.91 Å². The molecule has 1 fully saturated rings. The molecule has 3 heterocycles. The van der Waals surface area contributed by atoms with Crippen LogP contribution in [0.25, 0.3) is 0 Å². The predicted molar refractivity (Wildman–Crippen MR) is 105 cm³/mol. The molecule has 1 saturated heterocycles. The van der Waals surface area contributed by atoms with Gasteiger partial charge in [0.15, 0.2) is 0 Å². The molecule has 0 saturated carbocycles. The number of likely N-dealkylation sites (tertiary alicyclic amines) is 1. The molecule has 1 N–H and O–H groups in total. The molecule has 5 nitrogen and oxygen atoms in total. The molecule has 26 heavy (non-hydrogen) atoms. The molecule has 0 radical (unpaired) electrons. The molecular weight excluding hydrogens is 324 g/mol. The van der Waals surface area contributed by atoms with Gasteiger partial charge < -0.3 is 15.1 Å². The monoisotopic (exact) mass is 350 g/mol. The Morgan fingerprint density at radius 3 is 2.77 bits per heavy atom. The summed E-state index contributed by atoms with van der Waals surface area (Å²) in [5, 5.41) is 3.39. The zero-order valence-electron chi connectivity index (χ0n) is 15.2. The van der Waals surface area contributed by atoms with Crippen LogP contribution in [-0.4, -0.2) is 48.5 Å². The number of nitrogens with zero attached hydrogens (tertiary/aromatic N) is 3. The third kappa shape index (κ3) is 3.58. The van der Waals surface area contributed by atoms with E-state index in [9.17, 15) is 4.79 Å². The van der Waals surface area contributed by atoms with Gasteiger partial charge in [-0.2, -0.15) is 0 Å². The van der Waals surface area contributed by atoms with Gasteiger partial charge in [-0.05, 0) is 56.1 Å². The third-order valence-electron chi connectivity index (χ3n) is 5.34. The smallest absolute Gasteiger partial charge is 0.262 e. The zero-order chi connectivity index (χ0) is 17.8.